The second-order valence-corrected chi connectivity index (χ2v) is 6.67. The molecular formula is C22H23N3O4. The summed E-state index contributed by atoms with van der Waals surface area (Å²) >= 11 is 0. The zero-order valence-corrected chi connectivity index (χ0v) is 16.9. The van der Waals surface area contributed by atoms with E-state index >= 15 is 0 Å². The van der Waals surface area contributed by atoms with Crippen molar-refractivity contribution in [3.63, 3.8) is 0 Å². The van der Waals surface area contributed by atoms with Gasteiger partial charge in [0.25, 0.3) is 5.56 Å². The summed E-state index contributed by atoms with van der Waals surface area (Å²) in [5, 5.41) is 0.786. The van der Waals surface area contributed by atoms with E-state index in [9.17, 15) is 9.59 Å². The number of ketones is 1. The van der Waals surface area contributed by atoms with Crippen molar-refractivity contribution in [2.45, 2.75) is 20.4 Å². The highest BCUT2D eigenvalue weighted by atomic mass is 16.5. The summed E-state index contributed by atoms with van der Waals surface area (Å²) in [7, 11) is 3.09. The minimum absolute atomic E-state index is 0.154. The van der Waals surface area contributed by atoms with E-state index in [1.165, 1.54) is 20.1 Å². The Hall–Kier alpha value is -3.61. The number of fused-ring (bicyclic) bond motifs is 1. The van der Waals surface area contributed by atoms with Crippen molar-refractivity contribution >= 4 is 22.3 Å². The number of hydrogen-bond donors (Lipinski definition) is 1. The van der Waals surface area contributed by atoms with Gasteiger partial charge in [-0.15, -0.1) is 0 Å². The van der Waals surface area contributed by atoms with Crippen LogP contribution in [0.4, 0.5) is 0 Å². The van der Waals surface area contributed by atoms with E-state index < -0.39 is 0 Å². The van der Waals surface area contributed by atoms with Gasteiger partial charge in [0.05, 0.1) is 38.2 Å². The van der Waals surface area contributed by atoms with Crippen molar-refractivity contribution in [3.8, 4) is 11.5 Å². The molecule has 0 radical (unpaired) electrons. The molecular weight excluding hydrogens is 370 g/mol. The Kier molecular flexibility index (Phi) is 5.68. The lowest BCUT2D eigenvalue weighted by molar-refractivity contribution is -0.111. The van der Waals surface area contributed by atoms with Crippen LogP contribution in [-0.2, 0) is 11.3 Å². The third-order valence-electron chi connectivity index (χ3n) is 4.68. The van der Waals surface area contributed by atoms with E-state index in [4.69, 9.17) is 15.2 Å². The number of ether oxygens (including phenoxy) is 2. The van der Waals surface area contributed by atoms with Crippen LogP contribution in [0, 0.1) is 0 Å². The number of nitrogens with two attached hydrogens (primary N) is 1. The van der Waals surface area contributed by atoms with Crippen LogP contribution < -0.4 is 20.8 Å². The van der Waals surface area contributed by atoms with Crippen molar-refractivity contribution in [2.24, 2.45) is 5.73 Å². The van der Waals surface area contributed by atoms with E-state index in [0.717, 1.165) is 5.39 Å². The Morgan fingerprint density at radius 1 is 1.10 bits per heavy atom. The van der Waals surface area contributed by atoms with Gasteiger partial charge in [-0.2, -0.15) is 0 Å². The second-order valence-electron chi connectivity index (χ2n) is 6.67. The first kappa shape index (κ1) is 20.1. The molecule has 1 aromatic carbocycles. The first-order valence-electron chi connectivity index (χ1n) is 9.04. The minimum Gasteiger partial charge on any atom is -0.496 e. The summed E-state index contributed by atoms with van der Waals surface area (Å²) in [5.74, 6) is 0.957. The molecule has 0 saturated heterocycles. The summed E-state index contributed by atoms with van der Waals surface area (Å²) in [6, 6.07) is 10.4. The molecule has 0 saturated carbocycles. The topological polar surface area (TPSA) is 96.4 Å². The summed E-state index contributed by atoms with van der Waals surface area (Å²) in [5.41, 5.74) is 8.58. The maximum atomic E-state index is 12.6. The third-order valence-corrected chi connectivity index (χ3v) is 4.68. The maximum absolute atomic E-state index is 12.6. The van der Waals surface area contributed by atoms with Crippen LogP contribution >= 0.6 is 0 Å². The fourth-order valence-electron chi connectivity index (χ4n) is 3.32. The van der Waals surface area contributed by atoms with E-state index in [1.807, 2.05) is 12.1 Å². The number of Topliss-reactive ketones (excluding diaryl/α,β-unsaturated/α-hetero) is 1. The van der Waals surface area contributed by atoms with E-state index in [2.05, 4.69) is 4.98 Å². The molecule has 2 heterocycles. The standard InChI is InChI=1S/C22H23N3O4/c1-13(23)22(14(2)26)18-9-15-5-8-21(27)25(19(15)10-20(18)29-4)12-16-6-7-17(28-3)11-24-16/h5-11H,12,23H2,1-4H3. The van der Waals surface area contributed by atoms with E-state index in [-0.39, 0.29) is 17.9 Å². The fraction of sp³-hybridized carbons (Fsp3) is 0.227. The molecule has 0 aliphatic rings. The van der Waals surface area contributed by atoms with Crippen molar-refractivity contribution in [2.75, 3.05) is 14.2 Å². The summed E-state index contributed by atoms with van der Waals surface area (Å²) in [6.07, 6.45) is 1.61. The molecule has 0 amide bonds. The van der Waals surface area contributed by atoms with Crippen LogP contribution in [0.5, 0.6) is 11.5 Å². The largest absolute Gasteiger partial charge is 0.496 e. The van der Waals surface area contributed by atoms with Gasteiger partial charge in [-0.25, -0.2) is 0 Å². The van der Waals surface area contributed by atoms with Gasteiger partial charge in [0, 0.05) is 29.0 Å². The van der Waals surface area contributed by atoms with E-state index in [1.54, 1.807) is 43.0 Å². The van der Waals surface area contributed by atoms with Gasteiger partial charge in [0.15, 0.2) is 5.78 Å². The molecule has 0 aliphatic carbocycles. The van der Waals surface area contributed by atoms with Crippen LogP contribution in [0.25, 0.3) is 16.5 Å². The first-order valence-corrected chi connectivity index (χ1v) is 9.04. The summed E-state index contributed by atoms with van der Waals surface area (Å²) in [4.78, 5) is 29.1. The molecule has 0 spiro atoms. The van der Waals surface area contributed by atoms with Crippen molar-refractivity contribution in [1.82, 2.24) is 9.55 Å². The third kappa shape index (κ3) is 3.99. The molecule has 3 rings (SSSR count). The number of methoxy groups -OCH3 is 2. The number of benzene rings is 1. The number of rotatable bonds is 6. The van der Waals surface area contributed by atoms with Crippen LogP contribution in [0.3, 0.4) is 0 Å². The van der Waals surface area contributed by atoms with Gasteiger partial charge in [-0.3, -0.25) is 14.6 Å². The summed E-state index contributed by atoms with van der Waals surface area (Å²) in [6.45, 7) is 3.43. The van der Waals surface area contributed by atoms with Crippen molar-refractivity contribution < 1.29 is 14.3 Å². The predicted molar refractivity (Wildman–Crippen MR) is 112 cm³/mol. The van der Waals surface area contributed by atoms with Gasteiger partial charge >= 0.3 is 0 Å². The molecule has 29 heavy (non-hydrogen) atoms. The lowest BCUT2D eigenvalue weighted by Crippen LogP contribution is -2.20. The molecule has 0 aliphatic heterocycles. The molecule has 0 bridgehead atoms. The Morgan fingerprint density at radius 3 is 2.41 bits per heavy atom. The monoisotopic (exact) mass is 393 g/mol. The highest BCUT2D eigenvalue weighted by molar-refractivity contribution is 6.21. The van der Waals surface area contributed by atoms with Gasteiger partial charge in [0.2, 0.25) is 0 Å². The van der Waals surface area contributed by atoms with Gasteiger partial charge in [-0.1, -0.05) is 0 Å². The summed E-state index contributed by atoms with van der Waals surface area (Å²) < 4.78 is 12.3. The van der Waals surface area contributed by atoms with Crippen molar-refractivity contribution in [3.05, 3.63) is 69.9 Å². The van der Waals surface area contributed by atoms with Gasteiger partial charge < -0.3 is 19.8 Å². The molecule has 150 valence electrons. The minimum atomic E-state index is -0.165. The van der Waals surface area contributed by atoms with Crippen LogP contribution in [0.15, 0.2) is 53.1 Å². The molecule has 7 heteroatoms. The molecule has 0 fully saturated rings. The normalized spacial score (nSPS) is 11.9. The Morgan fingerprint density at radius 2 is 1.86 bits per heavy atom. The van der Waals surface area contributed by atoms with Crippen LogP contribution in [0.2, 0.25) is 0 Å². The first-order chi connectivity index (χ1) is 13.8. The highest BCUT2D eigenvalue weighted by Crippen LogP contribution is 2.32. The Labute approximate surface area is 168 Å². The second kappa shape index (κ2) is 8.18. The fourth-order valence-corrected chi connectivity index (χ4v) is 3.32. The van der Waals surface area contributed by atoms with Crippen molar-refractivity contribution in [1.29, 1.82) is 0 Å². The maximum Gasteiger partial charge on any atom is 0.251 e. The molecule has 7 nitrogen and oxygen atoms in total. The van der Waals surface area contributed by atoms with Crippen LogP contribution in [-0.4, -0.2) is 29.6 Å². The van der Waals surface area contributed by atoms with Gasteiger partial charge in [0.1, 0.15) is 11.5 Å². The number of allylic oxidation sites excluding steroid dienone is 2. The average Bonchev–Trinajstić information content (AvgIpc) is 2.69. The average molecular weight is 393 g/mol. The number of pyridine rings is 2. The predicted octanol–water partition coefficient (Wildman–Crippen LogP) is 2.74. The number of carbonyl (C=O) groups is 1. The molecule has 2 N–H and O–H groups in total. The zero-order valence-electron chi connectivity index (χ0n) is 16.9. The highest BCUT2D eigenvalue weighted by Gasteiger charge is 2.18. The van der Waals surface area contributed by atoms with Gasteiger partial charge in [-0.05, 0) is 43.5 Å². The van der Waals surface area contributed by atoms with E-state index in [0.29, 0.717) is 39.5 Å². The number of carbonyl (C=O) groups excluding carboxylic acids is 1. The molecule has 0 unspecified atom stereocenters. The lowest BCUT2D eigenvalue weighted by atomic mass is 9.97. The number of nitrogens with zero attached hydrogens (tertiary/aromatic N) is 2. The SMILES string of the molecule is COc1ccc(Cn2c(=O)ccc3cc(C(C(C)=O)=C(C)N)c(OC)cc32)nc1. The molecule has 0 atom stereocenters. The smallest absolute Gasteiger partial charge is 0.251 e. The zero-order chi connectivity index (χ0) is 21.1. The Bertz CT molecular complexity index is 1160. The molecule has 2 aromatic heterocycles. The molecule has 3 aromatic rings. The number of hydrogen-bond acceptors (Lipinski definition) is 6. The quantitative estimate of drug-likeness (QED) is 0.647. The Balaban J connectivity index is 2.19. The lowest BCUT2D eigenvalue weighted by Gasteiger charge is -2.16. The van der Waals surface area contributed by atoms with Crippen LogP contribution in [0.1, 0.15) is 25.1 Å². The number of aromatic nitrogens is 2.